The minimum absolute atomic E-state index is 0.00263. The molecule has 60 heteroatoms. The van der Waals surface area contributed by atoms with Crippen molar-refractivity contribution >= 4 is 145 Å². The van der Waals surface area contributed by atoms with Gasteiger partial charge in [0.2, 0.25) is 82.7 Å². The van der Waals surface area contributed by atoms with Crippen molar-refractivity contribution in [3.05, 3.63) is 183 Å². The summed E-state index contributed by atoms with van der Waals surface area (Å²) in [5, 5.41) is 21.2. The van der Waals surface area contributed by atoms with Crippen LogP contribution >= 0.6 is 0 Å². The maximum absolute atomic E-state index is 14.5. The number of rotatable bonds is 51. The number of nitrogens with one attached hydrogen (secondary N) is 10. The Labute approximate surface area is 801 Å². The van der Waals surface area contributed by atoms with Gasteiger partial charge in [-0.3, -0.25) is 110 Å². The molecule has 0 unspecified atom stereocenters. The molecule has 14 amide bonds. The van der Waals surface area contributed by atoms with Crippen molar-refractivity contribution in [3.63, 3.8) is 0 Å². The van der Waals surface area contributed by atoms with Gasteiger partial charge in [-0.15, -0.1) is 0 Å². The highest BCUT2D eigenvalue weighted by atomic mass is 16.2. The van der Waals surface area contributed by atoms with E-state index in [0.29, 0.717) is 17.9 Å². The number of aryl methyl sites for hydroxylation is 2. The van der Waals surface area contributed by atoms with Crippen molar-refractivity contribution in [2.75, 3.05) is 184 Å². The maximum atomic E-state index is 14.5. The average molecular weight is 1970 g/mol. The Morgan fingerprint density at radius 2 is 0.599 bits per heavy atom. The molecule has 0 aliphatic carbocycles. The van der Waals surface area contributed by atoms with Crippen molar-refractivity contribution in [1.29, 1.82) is 0 Å². The van der Waals surface area contributed by atoms with Gasteiger partial charge in [0.25, 0.3) is 11.1 Å². The largest absolute Gasteiger partial charge is 0.399 e. The van der Waals surface area contributed by atoms with Crippen molar-refractivity contribution in [2.45, 2.75) is 66.6 Å². The molecule has 10 rings (SSSR count). The third-order valence-electron chi connectivity index (χ3n) is 21.1. The van der Waals surface area contributed by atoms with Gasteiger partial charge in [-0.2, -0.15) is 15.0 Å². The number of likely N-dealkylation sites (N-methyl/N-ethyl adjacent to an activating group) is 1. The zero-order valence-corrected chi connectivity index (χ0v) is 77.1. The SMILES string of the molecule is CCNCCN(CC(=O)NCCN(CC(=O)NCCN(CC(=O)NCCN(CC(=O)NCCN(CC(=O)NCCN(CC(=O)NCCN(CC(=O)Nc1ccc(N)cc1)C(=O)Cn1ccc(N)nc1=O)C(=O)Cn1cnc2c(N)ncnc21)C(=O)Cn1ccc(N)nc1=O)C(=O)Cn1cc(C)c(=O)[nH]c1=O)C(=O)Cn1cnc2c(N)ncnc21)C(=O)Cn1cc(C)c(=O)[nH]c1=O)C(=O)Cn1ccc(N)nc1=O. The lowest BCUT2D eigenvalue weighted by molar-refractivity contribution is -0.138. The van der Waals surface area contributed by atoms with E-state index in [1.165, 1.54) is 95.4 Å². The molecule has 754 valence electrons. The van der Waals surface area contributed by atoms with Gasteiger partial charge in [-0.1, -0.05) is 6.92 Å². The third kappa shape index (κ3) is 31.4. The molecule has 1 aromatic carbocycles. The first-order valence-electron chi connectivity index (χ1n) is 43.6. The predicted octanol–water partition coefficient (Wildman–Crippen LogP) is -12.6. The molecule has 0 aliphatic rings. The zero-order chi connectivity index (χ0) is 103. The first kappa shape index (κ1) is 106. The second-order valence-corrected chi connectivity index (χ2v) is 31.6. The fourth-order valence-electron chi connectivity index (χ4n) is 13.6. The number of nitrogens with zero attached hydrogens (tertiary/aromatic N) is 23. The Balaban J connectivity index is 0.801. The second kappa shape index (κ2) is 50.5. The zero-order valence-electron chi connectivity index (χ0n) is 77.1. The van der Waals surface area contributed by atoms with Gasteiger partial charge in [0.1, 0.15) is 87.0 Å². The van der Waals surface area contributed by atoms with Gasteiger partial charge < -0.3 is 120 Å². The van der Waals surface area contributed by atoms with Crippen LogP contribution in [0, 0.1) is 13.8 Å². The molecule has 0 atom stereocenters. The Bertz CT molecular complexity index is 6800. The van der Waals surface area contributed by atoms with Crippen LogP contribution in [-0.2, 0) is 113 Å². The van der Waals surface area contributed by atoms with Crippen LogP contribution < -0.4 is 117 Å². The van der Waals surface area contributed by atoms with Gasteiger partial charge in [0.15, 0.2) is 22.9 Å². The van der Waals surface area contributed by atoms with E-state index in [0.717, 1.165) is 83.5 Å². The number of amides is 14. The maximum Gasteiger partial charge on any atom is 0.349 e. The number of H-pyrrole nitrogens is 2. The van der Waals surface area contributed by atoms with Crippen molar-refractivity contribution in [1.82, 2.24) is 158 Å². The molecule has 10 aromatic rings. The van der Waals surface area contributed by atoms with Gasteiger partial charge >= 0.3 is 28.4 Å². The number of carbonyl (C=O) groups excluding carboxylic acids is 14. The summed E-state index contributed by atoms with van der Waals surface area (Å²) >= 11 is 0. The minimum atomic E-state index is -1.03. The van der Waals surface area contributed by atoms with Crippen LogP contribution in [0.5, 0.6) is 0 Å². The molecule has 0 bridgehead atoms. The summed E-state index contributed by atoms with van der Waals surface area (Å²) in [6.07, 6.45) is 10.5. The summed E-state index contributed by atoms with van der Waals surface area (Å²) in [5.41, 5.74) is 30.0. The number of aromatic amines is 2. The lowest BCUT2D eigenvalue weighted by atomic mass is 10.3. The van der Waals surface area contributed by atoms with E-state index in [2.05, 4.69) is 97.4 Å². The molecule has 0 aliphatic heterocycles. The van der Waals surface area contributed by atoms with Crippen molar-refractivity contribution in [3.8, 4) is 0 Å². The monoisotopic (exact) mass is 1970 g/mol. The van der Waals surface area contributed by atoms with Gasteiger partial charge in [-0.25, -0.2) is 53.9 Å². The molecular weight excluding hydrogens is 1870 g/mol. The topological polar surface area (TPSA) is 816 Å². The molecular formula is C82H105N39O21. The van der Waals surface area contributed by atoms with Gasteiger partial charge in [-0.05, 0) is 62.9 Å². The molecule has 0 radical (unpaired) electrons. The summed E-state index contributed by atoms with van der Waals surface area (Å²) in [7, 11) is 0. The Kier molecular flexibility index (Phi) is 37.6. The second-order valence-electron chi connectivity index (χ2n) is 31.6. The fraction of sp³-hybridized carbons (Fsp3) is 0.390. The van der Waals surface area contributed by atoms with E-state index >= 15 is 0 Å². The van der Waals surface area contributed by atoms with E-state index in [-0.39, 0.29) is 95.3 Å². The van der Waals surface area contributed by atoms with Gasteiger partial charge in [0, 0.05) is 145 Å². The Morgan fingerprint density at radius 3 is 0.880 bits per heavy atom. The molecule has 142 heavy (non-hydrogen) atoms. The Hall–Kier alpha value is -18.3. The minimum Gasteiger partial charge on any atom is -0.399 e. The smallest absolute Gasteiger partial charge is 0.349 e. The molecule has 0 saturated heterocycles. The first-order chi connectivity index (χ1) is 67.7. The average Bonchev–Trinajstić information content (AvgIpc) is 1.65. The summed E-state index contributed by atoms with van der Waals surface area (Å²) in [4.78, 5) is 332. The number of anilines is 7. The van der Waals surface area contributed by atoms with E-state index in [4.69, 9.17) is 34.4 Å². The quantitative estimate of drug-likeness (QED) is 0.0124. The summed E-state index contributed by atoms with van der Waals surface area (Å²) in [6, 6.07) is 9.90. The summed E-state index contributed by atoms with van der Waals surface area (Å²) in [5.74, 6) is -12.0. The van der Waals surface area contributed by atoms with Crippen LogP contribution in [0.1, 0.15) is 18.1 Å². The molecule has 22 N–H and O–H groups in total. The van der Waals surface area contributed by atoms with Crippen molar-refractivity contribution < 1.29 is 67.1 Å². The van der Waals surface area contributed by atoms with Crippen LogP contribution in [0.15, 0.2) is 132 Å². The third-order valence-corrected chi connectivity index (χ3v) is 21.1. The number of carbonyl (C=O) groups is 14. The van der Waals surface area contributed by atoms with Crippen LogP contribution in [0.2, 0.25) is 0 Å². The number of hydrogen-bond acceptors (Lipinski definition) is 37. The number of hydrogen-bond donors (Lipinski definition) is 16. The highest BCUT2D eigenvalue weighted by molar-refractivity contribution is 5.95. The van der Waals surface area contributed by atoms with E-state index in [9.17, 15) is 101 Å². The van der Waals surface area contributed by atoms with E-state index in [1.807, 2.05) is 6.92 Å². The van der Waals surface area contributed by atoms with Crippen LogP contribution in [0.25, 0.3) is 22.3 Å². The number of nitrogen functional groups attached to an aromatic ring is 6. The predicted molar refractivity (Wildman–Crippen MR) is 502 cm³/mol. The van der Waals surface area contributed by atoms with Crippen LogP contribution in [0.4, 0.5) is 40.5 Å². The lowest BCUT2D eigenvalue weighted by Gasteiger charge is -2.26. The van der Waals surface area contributed by atoms with Gasteiger partial charge in [0.05, 0.1) is 58.5 Å². The standard InChI is InChI=1S/C82H105N39O21/c1-4-89-12-22-108(63(129)38-115-19-9-53(84)103-78(115)138)31-56(122)90-14-24-110(66(132)41-118-29-49(2)76(136)106-81(118)141)34-59(125)94-17-27-112(68(134)43-120-47-100-70-72(87)96-45-98-74(70)120)35-60(126)92-15-25-111(67(133)42-119-30-50(3)77(137)107-82(119)142)33-58(124)91-13-23-109(64(130)39-116-20-10-54(85)104-79(116)139)32-57(123)93-16-26-113(69(135)44-121-48-101-71-73(88)97-46-99-75(71)121)36-61(127)95-18-28-114(37-62(128)102-52-7-5-51(83)6-8-52)65(131)40-117-21-11-55(86)105-80(117)140/h5-11,19-21,29-30,45-48,89H,4,12-18,22-28,31-44,83H2,1-3H3,(H,90,122)(H,91,124)(H,92,126)(H,93,123)(H,94,125)(H,95,127)(H,102,128)(H2,84,103,138)(H2,85,104,139)(H2,86,105,140)(H2,87,96,98)(H2,88,97,99)(H,106,136,141)(H,107,137,142). The van der Waals surface area contributed by atoms with Crippen molar-refractivity contribution in [2.24, 2.45) is 0 Å². The fourth-order valence-corrected chi connectivity index (χ4v) is 13.6. The first-order valence-corrected chi connectivity index (χ1v) is 43.6. The summed E-state index contributed by atoms with van der Waals surface area (Å²) in [6.45, 7) is -9.44. The number of benzene rings is 1. The number of fused-ring (bicyclic) bond motifs is 2. The molecule has 9 heterocycles. The molecule has 0 saturated carbocycles. The van der Waals surface area contributed by atoms with E-state index in [1.54, 1.807) is 0 Å². The lowest BCUT2D eigenvalue weighted by Crippen LogP contribution is -2.50. The molecule has 0 spiro atoms. The molecule has 60 nitrogen and oxygen atoms in total. The normalized spacial score (nSPS) is 11.0. The number of aromatic nitrogens is 18. The van der Waals surface area contributed by atoms with Crippen LogP contribution in [-0.4, -0.2) is 348 Å². The highest BCUT2D eigenvalue weighted by Gasteiger charge is 2.30. The number of imidazole rings is 2. The number of nitrogens with two attached hydrogens (primary N) is 6. The van der Waals surface area contributed by atoms with Crippen LogP contribution in [0.3, 0.4) is 0 Å². The molecule has 0 fully saturated rings. The van der Waals surface area contributed by atoms with E-state index < -0.39 is 273 Å². The summed E-state index contributed by atoms with van der Waals surface area (Å²) < 4.78 is 7.12. The highest BCUT2D eigenvalue weighted by Crippen LogP contribution is 2.17. The Morgan fingerprint density at radius 1 is 0.331 bits per heavy atom. The molecule has 9 aromatic heterocycles.